The molecule has 0 saturated heterocycles. The molecule has 0 fully saturated rings. The van der Waals surface area contributed by atoms with E-state index in [9.17, 15) is 0 Å². The minimum atomic E-state index is 0.0886. The number of para-hydroxylation sites is 4. The van der Waals surface area contributed by atoms with Crippen molar-refractivity contribution in [2.45, 2.75) is 13.8 Å². The van der Waals surface area contributed by atoms with Crippen LogP contribution in [0.5, 0.6) is 11.5 Å². The molecule has 0 atom stereocenters. The number of nitrogens with zero attached hydrogens (tertiary/aromatic N) is 2. The summed E-state index contributed by atoms with van der Waals surface area (Å²) in [4.78, 5) is 0. The molecule has 4 heteroatoms. The molecule has 0 radical (unpaired) electrons. The molecule has 1 aliphatic heterocycles. The quantitative estimate of drug-likeness (QED) is 0.182. The van der Waals surface area contributed by atoms with Gasteiger partial charge in [0, 0.05) is 39.0 Å². The lowest BCUT2D eigenvalue weighted by Gasteiger charge is -2.29. The van der Waals surface area contributed by atoms with Gasteiger partial charge in [-0.25, -0.2) is 0 Å². The Labute approximate surface area is 279 Å². The van der Waals surface area contributed by atoms with Crippen molar-refractivity contribution >= 4 is 66.7 Å². The van der Waals surface area contributed by atoms with E-state index in [1.807, 2.05) is 0 Å². The lowest BCUT2D eigenvalue weighted by Crippen LogP contribution is -2.56. The average molecular weight is 615 g/mol. The maximum atomic E-state index is 6.78. The molecule has 7 aromatic carbocycles. The minimum Gasteiger partial charge on any atom is -0.458 e. The number of benzene rings is 7. The van der Waals surface area contributed by atoms with Crippen molar-refractivity contribution < 1.29 is 4.74 Å². The van der Waals surface area contributed by atoms with Gasteiger partial charge in [0.2, 0.25) is 0 Å². The first-order valence-electron chi connectivity index (χ1n) is 16.7. The Hall–Kier alpha value is -6.00. The molecule has 0 bridgehead atoms. The summed E-state index contributed by atoms with van der Waals surface area (Å²) in [6.07, 6.45) is 0. The minimum absolute atomic E-state index is 0.0886. The highest BCUT2D eigenvalue weighted by molar-refractivity contribution is 6.97. The Kier molecular flexibility index (Phi) is 5.80. The predicted octanol–water partition coefficient (Wildman–Crippen LogP) is 9.12. The van der Waals surface area contributed by atoms with E-state index in [2.05, 4.69) is 175 Å². The smallest absolute Gasteiger partial charge is 0.251 e. The van der Waals surface area contributed by atoms with Crippen LogP contribution in [0.25, 0.3) is 55.0 Å². The first-order valence-corrected chi connectivity index (χ1v) is 16.7. The maximum Gasteiger partial charge on any atom is 0.251 e. The van der Waals surface area contributed by atoms with Crippen molar-refractivity contribution in [3.05, 3.63) is 163 Å². The van der Waals surface area contributed by atoms with Gasteiger partial charge >= 0.3 is 0 Å². The third-order valence-electron chi connectivity index (χ3n) is 10.3. The Bertz CT molecular complexity index is 2720. The van der Waals surface area contributed by atoms with Gasteiger partial charge in [0.25, 0.3) is 6.71 Å². The van der Waals surface area contributed by atoms with Crippen LogP contribution in [0.4, 0.5) is 0 Å². The summed E-state index contributed by atoms with van der Waals surface area (Å²) in [6.45, 7) is 4.54. The summed E-state index contributed by atoms with van der Waals surface area (Å²) in [6, 6.07) is 54.8. The number of aromatic nitrogens is 2. The topological polar surface area (TPSA) is 19.1 Å². The van der Waals surface area contributed by atoms with Crippen LogP contribution in [0.3, 0.4) is 0 Å². The summed E-state index contributed by atoms with van der Waals surface area (Å²) in [5.74, 6) is 1.82. The van der Waals surface area contributed by atoms with Crippen LogP contribution in [-0.2, 0) is 0 Å². The Morgan fingerprint density at radius 2 is 1.00 bits per heavy atom. The van der Waals surface area contributed by atoms with Gasteiger partial charge in [-0.1, -0.05) is 126 Å². The fourth-order valence-electron chi connectivity index (χ4n) is 8.29. The van der Waals surface area contributed by atoms with E-state index in [1.54, 1.807) is 0 Å². The fourth-order valence-corrected chi connectivity index (χ4v) is 8.29. The van der Waals surface area contributed by atoms with Crippen LogP contribution in [0, 0.1) is 13.8 Å². The summed E-state index contributed by atoms with van der Waals surface area (Å²) in [7, 11) is 0. The molecule has 0 aliphatic carbocycles. The van der Waals surface area contributed by atoms with Crippen LogP contribution < -0.4 is 21.1 Å². The highest BCUT2D eigenvalue weighted by Crippen LogP contribution is 2.42. The zero-order valence-corrected chi connectivity index (χ0v) is 26.8. The van der Waals surface area contributed by atoms with Gasteiger partial charge in [-0.2, -0.15) is 0 Å². The van der Waals surface area contributed by atoms with Crippen molar-refractivity contribution in [2.75, 3.05) is 0 Å². The van der Waals surface area contributed by atoms with Crippen molar-refractivity contribution in [3.63, 3.8) is 0 Å². The normalized spacial score (nSPS) is 12.5. The van der Waals surface area contributed by atoms with Crippen molar-refractivity contribution in [2.24, 2.45) is 0 Å². The Morgan fingerprint density at radius 3 is 1.69 bits per heavy atom. The van der Waals surface area contributed by atoms with Crippen LogP contribution in [0.1, 0.15) is 11.1 Å². The molecule has 1 aliphatic rings. The molecule has 0 saturated carbocycles. The van der Waals surface area contributed by atoms with Gasteiger partial charge in [-0.15, -0.1) is 0 Å². The van der Waals surface area contributed by atoms with Gasteiger partial charge in [0.1, 0.15) is 11.5 Å². The number of ether oxygens (including phenoxy) is 1. The number of aryl methyl sites for hydroxylation is 2. The number of hydrogen-bond donors (Lipinski definition) is 0. The lowest BCUT2D eigenvalue weighted by molar-refractivity contribution is 0.487. The van der Waals surface area contributed by atoms with E-state index < -0.39 is 0 Å². The van der Waals surface area contributed by atoms with E-state index >= 15 is 0 Å². The third kappa shape index (κ3) is 3.77. The third-order valence-corrected chi connectivity index (χ3v) is 10.3. The maximum absolute atomic E-state index is 6.78. The highest BCUT2D eigenvalue weighted by Gasteiger charge is 2.34. The fraction of sp³-hybridized carbons (Fsp3) is 0.0455. The predicted molar refractivity (Wildman–Crippen MR) is 202 cm³/mol. The summed E-state index contributed by atoms with van der Waals surface area (Å²) < 4.78 is 11.7. The molecular formula is C44H31BN2O. The second-order valence-corrected chi connectivity index (χ2v) is 13.0. The van der Waals surface area contributed by atoms with Crippen molar-refractivity contribution in [1.82, 2.24) is 9.13 Å². The molecule has 0 unspecified atom stereocenters. The zero-order chi connectivity index (χ0) is 31.9. The first kappa shape index (κ1) is 27.1. The summed E-state index contributed by atoms with van der Waals surface area (Å²) >= 11 is 0. The molecule has 2 aromatic heterocycles. The second-order valence-electron chi connectivity index (χ2n) is 13.0. The number of fused-ring (bicyclic) bond motifs is 9. The molecule has 3 heterocycles. The van der Waals surface area contributed by atoms with Crippen molar-refractivity contribution in [3.8, 4) is 22.9 Å². The molecule has 0 amide bonds. The van der Waals surface area contributed by atoms with Crippen LogP contribution in [-0.4, -0.2) is 15.8 Å². The van der Waals surface area contributed by atoms with E-state index in [0.717, 1.165) is 22.9 Å². The Balaban J connectivity index is 1.30. The molecule has 226 valence electrons. The zero-order valence-electron chi connectivity index (χ0n) is 26.8. The van der Waals surface area contributed by atoms with Gasteiger partial charge < -0.3 is 13.9 Å². The van der Waals surface area contributed by atoms with Gasteiger partial charge in [-0.3, -0.25) is 0 Å². The molecule has 3 nitrogen and oxygen atoms in total. The SMILES string of the molecule is Cc1cccc(C)c1B1c2ccccc2Oc2cc(-n3c4ccccc4c4ccc5c6ccccc6n(-c6ccccc6)c5c43)ccc21. The van der Waals surface area contributed by atoms with Gasteiger partial charge in [0.15, 0.2) is 0 Å². The first-order chi connectivity index (χ1) is 23.7. The number of rotatable bonds is 3. The van der Waals surface area contributed by atoms with E-state index in [1.165, 1.54) is 71.1 Å². The molecule has 9 aromatic rings. The molecule has 48 heavy (non-hydrogen) atoms. The van der Waals surface area contributed by atoms with Crippen LogP contribution in [0.15, 0.2) is 152 Å². The van der Waals surface area contributed by atoms with Gasteiger partial charge in [-0.05, 0) is 61.2 Å². The Morgan fingerprint density at radius 1 is 0.438 bits per heavy atom. The van der Waals surface area contributed by atoms with E-state index in [0.29, 0.717) is 0 Å². The van der Waals surface area contributed by atoms with Crippen LogP contribution in [0.2, 0.25) is 0 Å². The molecular weight excluding hydrogens is 583 g/mol. The van der Waals surface area contributed by atoms with E-state index in [-0.39, 0.29) is 6.71 Å². The monoisotopic (exact) mass is 614 g/mol. The van der Waals surface area contributed by atoms with Crippen molar-refractivity contribution in [1.29, 1.82) is 0 Å². The van der Waals surface area contributed by atoms with E-state index in [4.69, 9.17) is 4.74 Å². The molecule has 0 N–H and O–H groups in total. The standard InChI is InChI=1S/C44H31BN2O/c1-28-13-12-14-29(2)42(28)45-36-19-8-11-22-40(36)48-41-27-31(23-26-37(41)45)47-39-21-10-7-18-33(39)35-25-24-34-32-17-6-9-20-38(32)46(43(34)44(35)47)30-15-4-3-5-16-30/h3-27H,1-2H3. The summed E-state index contributed by atoms with van der Waals surface area (Å²) in [5.41, 5.74) is 13.3. The molecule has 10 rings (SSSR count). The van der Waals surface area contributed by atoms with Gasteiger partial charge in [0.05, 0.1) is 22.1 Å². The number of hydrogen-bond acceptors (Lipinski definition) is 1. The van der Waals surface area contributed by atoms with Crippen LogP contribution >= 0.6 is 0 Å². The molecule has 0 spiro atoms. The highest BCUT2D eigenvalue weighted by atomic mass is 16.5. The largest absolute Gasteiger partial charge is 0.458 e. The average Bonchev–Trinajstić information content (AvgIpc) is 3.64. The summed E-state index contributed by atoms with van der Waals surface area (Å²) in [5, 5.41) is 4.95. The second kappa shape index (κ2) is 10.3. The lowest BCUT2D eigenvalue weighted by atomic mass is 9.34.